The van der Waals surface area contributed by atoms with Crippen molar-refractivity contribution >= 4 is 35.1 Å². The Morgan fingerprint density at radius 3 is 2.63 bits per heavy atom. The summed E-state index contributed by atoms with van der Waals surface area (Å²) < 4.78 is 15.3. The molecule has 0 saturated heterocycles. The number of hydrogen-bond donors (Lipinski definition) is 0. The summed E-state index contributed by atoms with van der Waals surface area (Å²) in [6, 6.07) is 7.14. The predicted octanol–water partition coefficient (Wildman–Crippen LogP) is 3.67. The fourth-order valence-corrected chi connectivity index (χ4v) is 2.35. The predicted molar refractivity (Wildman–Crippen MR) is 97.3 cm³/mol. The maximum Gasteiger partial charge on any atom is 0.341 e. The Kier molecular flexibility index (Phi) is 6.86. The monoisotopic (exact) mass is 393 g/mol. The van der Waals surface area contributed by atoms with Crippen LogP contribution in [0.1, 0.15) is 12.7 Å². The van der Waals surface area contributed by atoms with Crippen LogP contribution in [0.5, 0.6) is 0 Å². The Bertz CT molecular complexity index is 901. The van der Waals surface area contributed by atoms with Gasteiger partial charge in [-0.2, -0.15) is 0 Å². The third-order valence-electron chi connectivity index (χ3n) is 3.46. The molecule has 9 heteroatoms. The number of ketones is 1. The van der Waals surface area contributed by atoms with Crippen LogP contribution in [0, 0.1) is 10.1 Å². The molecule has 0 atom stereocenters. The van der Waals surface area contributed by atoms with Crippen molar-refractivity contribution < 1.29 is 28.4 Å². The number of nitro benzene ring substituents is 1. The first-order valence-electron chi connectivity index (χ1n) is 7.76. The molecule has 8 nitrogen and oxygen atoms in total. The topological polar surface area (TPSA) is 109 Å². The van der Waals surface area contributed by atoms with Crippen LogP contribution in [0.2, 0.25) is 5.02 Å². The molecule has 0 spiro atoms. The van der Waals surface area contributed by atoms with E-state index in [1.165, 1.54) is 50.4 Å². The first kappa shape index (κ1) is 20.3. The summed E-state index contributed by atoms with van der Waals surface area (Å²) in [5.41, 5.74) is -0.216. The second-order valence-electron chi connectivity index (χ2n) is 5.36. The maximum atomic E-state index is 12.0. The number of esters is 1. The van der Waals surface area contributed by atoms with E-state index in [9.17, 15) is 19.7 Å². The van der Waals surface area contributed by atoms with E-state index in [1.807, 2.05) is 0 Å². The van der Waals surface area contributed by atoms with E-state index in [1.54, 1.807) is 0 Å². The average molecular weight is 394 g/mol. The second kappa shape index (κ2) is 9.11. The number of halogens is 1. The van der Waals surface area contributed by atoms with E-state index >= 15 is 0 Å². The molecule has 0 amide bonds. The zero-order valence-electron chi connectivity index (χ0n) is 14.6. The lowest BCUT2D eigenvalue weighted by atomic mass is 10.1. The van der Waals surface area contributed by atoms with E-state index in [4.69, 9.17) is 25.5 Å². The van der Waals surface area contributed by atoms with Gasteiger partial charge in [0.1, 0.15) is 23.7 Å². The summed E-state index contributed by atoms with van der Waals surface area (Å²) in [4.78, 5) is 34.4. The number of carbonyl (C=O) groups is 2. The van der Waals surface area contributed by atoms with Gasteiger partial charge >= 0.3 is 5.97 Å². The first-order valence-corrected chi connectivity index (χ1v) is 8.14. The molecule has 2 rings (SSSR count). The molecule has 142 valence electrons. The minimum Gasteiger partial charge on any atom is -0.460 e. The minimum atomic E-state index is -0.810. The number of hydrogen-bond acceptors (Lipinski definition) is 7. The summed E-state index contributed by atoms with van der Waals surface area (Å²) in [7, 11) is 1.45. The van der Waals surface area contributed by atoms with Crippen molar-refractivity contribution in [1.82, 2.24) is 0 Å². The SMILES string of the molecule is COCCOC(=O)/C(=C/c1ccc(-c2ccc(Cl)cc2[N+](=O)[O-])o1)C(C)=O. The fourth-order valence-electron chi connectivity index (χ4n) is 2.18. The van der Waals surface area contributed by atoms with Crippen molar-refractivity contribution in [2.24, 2.45) is 0 Å². The van der Waals surface area contributed by atoms with E-state index < -0.39 is 16.7 Å². The van der Waals surface area contributed by atoms with Gasteiger partial charge in [-0.3, -0.25) is 14.9 Å². The highest BCUT2D eigenvalue weighted by Gasteiger charge is 2.20. The quantitative estimate of drug-likeness (QED) is 0.128. The van der Waals surface area contributed by atoms with Gasteiger partial charge in [-0.25, -0.2) is 4.79 Å². The summed E-state index contributed by atoms with van der Waals surface area (Å²) >= 11 is 5.80. The van der Waals surface area contributed by atoms with Crippen molar-refractivity contribution in [3.05, 3.63) is 56.8 Å². The molecule has 0 aliphatic heterocycles. The van der Waals surface area contributed by atoms with Crippen molar-refractivity contribution in [3.63, 3.8) is 0 Å². The minimum absolute atomic E-state index is 0.000325. The highest BCUT2D eigenvalue weighted by atomic mass is 35.5. The molecule has 0 fully saturated rings. The van der Waals surface area contributed by atoms with Gasteiger partial charge in [-0.1, -0.05) is 11.6 Å². The number of nitrogens with zero attached hydrogens (tertiary/aromatic N) is 1. The van der Waals surface area contributed by atoms with Crippen LogP contribution >= 0.6 is 11.6 Å². The van der Waals surface area contributed by atoms with Crippen molar-refractivity contribution in [3.8, 4) is 11.3 Å². The van der Waals surface area contributed by atoms with Gasteiger partial charge in [0.2, 0.25) is 0 Å². The standard InChI is InChI=1S/C18H16ClNO7/c1-11(21)15(18(22)26-8-7-25-2)10-13-4-6-17(27-13)14-5-3-12(19)9-16(14)20(23)24/h3-6,9-10H,7-8H2,1-2H3/b15-10+. The highest BCUT2D eigenvalue weighted by Crippen LogP contribution is 2.33. The van der Waals surface area contributed by atoms with Crippen molar-refractivity contribution in [2.45, 2.75) is 6.92 Å². The molecule has 1 heterocycles. The van der Waals surface area contributed by atoms with Gasteiger partial charge in [0.15, 0.2) is 5.78 Å². The van der Waals surface area contributed by atoms with Gasteiger partial charge in [0.05, 0.1) is 17.1 Å². The van der Waals surface area contributed by atoms with Crippen molar-refractivity contribution in [2.75, 3.05) is 20.3 Å². The molecule has 0 radical (unpaired) electrons. The lowest BCUT2D eigenvalue weighted by molar-refractivity contribution is -0.384. The Hall–Kier alpha value is -2.97. The largest absolute Gasteiger partial charge is 0.460 e. The molecule has 27 heavy (non-hydrogen) atoms. The zero-order valence-corrected chi connectivity index (χ0v) is 15.3. The summed E-state index contributed by atoms with van der Waals surface area (Å²) in [6.45, 7) is 1.42. The first-order chi connectivity index (χ1) is 12.8. The number of furan rings is 1. The molecule has 1 aromatic heterocycles. The number of rotatable bonds is 8. The molecule has 0 N–H and O–H groups in total. The number of nitro groups is 1. The van der Waals surface area contributed by atoms with Gasteiger partial charge < -0.3 is 13.9 Å². The van der Waals surface area contributed by atoms with Gasteiger partial charge in [-0.05, 0) is 37.3 Å². The fraction of sp³-hybridized carbons (Fsp3) is 0.222. The Balaban J connectivity index is 2.33. The number of carbonyl (C=O) groups excluding carboxylic acids is 2. The molecule has 0 saturated carbocycles. The molecular formula is C18H16ClNO7. The molecule has 1 aromatic carbocycles. The van der Waals surface area contributed by atoms with Crippen LogP contribution in [0.3, 0.4) is 0 Å². The molecule has 0 aliphatic carbocycles. The van der Waals surface area contributed by atoms with Crippen LogP contribution in [0.4, 0.5) is 5.69 Å². The number of benzene rings is 1. The third kappa shape index (κ3) is 5.25. The van der Waals surface area contributed by atoms with Crippen LogP contribution in [-0.2, 0) is 19.1 Å². The van der Waals surface area contributed by atoms with Crippen molar-refractivity contribution in [1.29, 1.82) is 0 Å². The third-order valence-corrected chi connectivity index (χ3v) is 3.69. The Morgan fingerprint density at radius 1 is 1.26 bits per heavy atom. The average Bonchev–Trinajstić information content (AvgIpc) is 3.07. The molecule has 0 aliphatic rings. The molecular weight excluding hydrogens is 378 g/mol. The molecule has 0 unspecified atom stereocenters. The van der Waals surface area contributed by atoms with Gasteiger partial charge in [0.25, 0.3) is 5.69 Å². The van der Waals surface area contributed by atoms with Crippen LogP contribution < -0.4 is 0 Å². The number of Topliss-reactive ketones (excluding diaryl/α,β-unsaturated/α-hetero) is 1. The summed E-state index contributed by atoms with van der Waals surface area (Å²) in [5, 5.41) is 11.4. The van der Waals surface area contributed by atoms with Crippen LogP contribution in [-0.4, -0.2) is 37.0 Å². The van der Waals surface area contributed by atoms with E-state index in [0.29, 0.717) is 0 Å². The van der Waals surface area contributed by atoms with Gasteiger partial charge in [-0.15, -0.1) is 0 Å². The smallest absolute Gasteiger partial charge is 0.341 e. The van der Waals surface area contributed by atoms with Gasteiger partial charge in [0, 0.05) is 18.2 Å². The number of ether oxygens (including phenoxy) is 2. The van der Waals surface area contributed by atoms with Crippen LogP contribution in [0.15, 0.2) is 40.3 Å². The lowest BCUT2D eigenvalue weighted by Gasteiger charge is -2.05. The lowest BCUT2D eigenvalue weighted by Crippen LogP contribution is -2.16. The summed E-state index contributed by atoms with van der Waals surface area (Å²) in [6.07, 6.45) is 1.22. The second-order valence-corrected chi connectivity index (χ2v) is 5.80. The molecule has 2 aromatic rings. The van der Waals surface area contributed by atoms with Crippen LogP contribution in [0.25, 0.3) is 17.4 Å². The summed E-state index contributed by atoms with van der Waals surface area (Å²) in [5.74, 6) is -0.953. The van der Waals surface area contributed by atoms with E-state index in [-0.39, 0.29) is 46.6 Å². The van der Waals surface area contributed by atoms with E-state index in [2.05, 4.69) is 0 Å². The maximum absolute atomic E-state index is 12.0. The Labute approximate surface area is 159 Å². The van der Waals surface area contributed by atoms with E-state index in [0.717, 1.165) is 0 Å². The normalized spacial score (nSPS) is 11.3. The molecule has 0 bridgehead atoms. The number of methoxy groups -OCH3 is 1. The zero-order chi connectivity index (χ0) is 20.0. The Morgan fingerprint density at radius 2 is 2.00 bits per heavy atom. The highest BCUT2D eigenvalue weighted by molar-refractivity contribution is 6.31.